The van der Waals surface area contributed by atoms with Crippen molar-refractivity contribution in [2.75, 3.05) is 0 Å². The van der Waals surface area contributed by atoms with E-state index in [0.717, 1.165) is 25.7 Å². The number of carbonyl (C=O) groups excluding carboxylic acids is 2. The zero-order chi connectivity index (χ0) is 11.6. The number of ether oxygens (including phenoxy) is 1. The van der Waals surface area contributed by atoms with E-state index in [4.69, 9.17) is 10.5 Å². The Balaban J connectivity index is 1.96. The number of Topliss-reactive ketones (excluding diaryl/α,β-unsaturated/α-hetero) is 1. The van der Waals surface area contributed by atoms with Crippen LogP contribution in [-0.2, 0) is 14.3 Å². The number of rotatable bonds is 1. The summed E-state index contributed by atoms with van der Waals surface area (Å²) in [7, 11) is 0. The van der Waals surface area contributed by atoms with Crippen molar-refractivity contribution in [1.82, 2.24) is 0 Å². The molecule has 0 bridgehead atoms. The van der Waals surface area contributed by atoms with Crippen molar-refractivity contribution in [3.8, 4) is 0 Å². The number of primary amides is 1. The highest BCUT2D eigenvalue weighted by Gasteiger charge is 2.74. The SMILES string of the molecule is C[C@@]12CCCC[C@]13O[C@@H]3C(=O)C(C(N)=O)C2. The first-order valence-corrected chi connectivity index (χ1v) is 6.01. The molecule has 1 aliphatic heterocycles. The van der Waals surface area contributed by atoms with Gasteiger partial charge in [-0.3, -0.25) is 9.59 Å². The van der Waals surface area contributed by atoms with Crippen molar-refractivity contribution >= 4 is 11.7 Å². The zero-order valence-corrected chi connectivity index (χ0v) is 9.49. The monoisotopic (exact) mass is 223 g/mol. The minimum atomic E-state index is -0.622. The maximum Gasteiger partial charge on any atom is 0.228 e. The highest BCUT2D eigenvalue weighted by molar-refractivity contribution is 6.05. The molecule has 2 N–H and O–H groups in total. The first kappa shape index (κ1) is 10.3. The third kappa shape index (κ3) is 1.03. The molecular formula is C12H17NO3. The van der Waals surface area contributed by atoms with E-state index >= 15 is 0 Å². The lowest BCUT2D eigenvalue weighted by Gasteiger charge is -2.44. The van der Waals surface area contributed by atoms with Crippen LogP contribution in [0.25, 0.3) is 0 Å². The Morgan fingerprint density at radius 2 is 2.12 bits per heavy atom. The van der Waals surface area contributed by atoms with Crippen molar-refractivity contribution in [3.63, 3.8) is 0 Å². The first-order chi connectivity index (χ1) is 7.50. The standard InChI is InChI=1S/C12H17NO3/c1-11-4-2-3-5-12(11)9(16-12)8(14)7(6-11)10(13)15/h7,9H,2-6H2,1H3,(H2,13,15)/t7?,9-,11+,12-/m1/s1. The molecule has 1 unspecified atom stereocenters. The highest BCUT2D eigenvalue weighted by atomic mass is 16.6. The molecule has 1 amide bonds. The van der Waals surface area contributed by atoms with E-state index in [-0.39, 0.29) is 22.9 Å². The molecule has 1 spiro atoms. The molecule has 0 aromatic heterocycles. The van der Waals surface area contributed by atoms with Crippen molar-refractivity contribution in [2.45, 2.75) is 50.7 Å². The van der Waals surface area contributed by atoms with Gasteiger partial charge in [0.05, 0.1) is 5.92 Å². The van der Waals surface area contributed by atoms with Crippen LogP contribution in [-0.4, -0.2) is 23.4 Å². The first-order valence-electron chi connectivity index (χ1n) is 6.01. The molecule has 2 aliphatic carbocycles. The molecule has 0 aromatic rings. The number of nitrogens with two attached hydrogens (primary N) is 1. The predicted molar refractivity (Wildman–Crippen MR) is 56.5 cm³/mol. The van der Waals surface area contributed by atoms with Gasteiger partial charge in [-0.15, -0.1) is 0 Å². The smallest absolute Gasteiger partial charge is 0.228 e. The van der Waals surface area contributed by atoms with Gasteiger partial charge in [0.25, 0.3) is 0 Å². The van der Waals surface area contributed by atoms with Gasteiger partial charge in [0.1, 0.15) is 11.7 Å². The lowest BCUT2D eigenvalue weighted by molar-refractivity contribution is -0.136. The van der Waals surface area contributed by atoms with Crippen molar-refractivity contribution in [3.05, 3.63) is 0 Å². The summed E-state index contributed by atoms with van der Waals surface area (Å²) < 4.78 is 5.71. The van der Waals surface area contributed by atoms with Crippen LogP contribution in [0, 0.1) is 11.3 Å². The normalized spacial score (nSPS) is 50.4. The summed E-state index contributed by atoms with van der Waals surface area (Å²) >= 11 is 0. The summed E-state index contributed by atoms with van der Waals surface area (Å²) in [6, 6.07) is 0. The van der Waals surface area contributed by atoms with Crippen LogP contribution < -0.4 is 5.73 Å². The largest absolute Gasteiger partial charge is 0.369 e. The maximum atomic E-state index is 12.0. The second-order valence-corrected chi connectivity index (χ2v) is 5.72. The van der Waals surface area contributed by atoms with E-state index in [0.29, 0.717) is 6.42 Å². The molecule has 2 saturated carbocycles. The van der Waals surface area contributed by atoms with Crippen LogP contribution in [0.15, 0.2) is 0 Å². The van der Waals surface area contributed by atoms with E-state index in [1.165, 1.54) is 0 Å². The molecule has 4 nitrogen and oxygen atoms in total. The average Bonchev–Trinajstić information content (AvgIpc) is 2.95. The molecule has 4 atom stereocenters. The Kier molecular flexibility index (Phi) is 1.83. The molecule has 3 rings (SSSR count). The predicted octanol–water partition coefficient (Wildman–Crippen LogP) is 0.779. The Morgan fingerprint density at radius 3 is 2.81 bits per heavy atom. The third-order valence-corrected chi connectivity index (χ3v) is 4.84. The van der Waals surface area contributed by atoms with Gasteiger partial charge in [0, 0.05) is 5.41 Å². The Bertz CT molecular complexity index is 380. The third-order valence-electron chi connectivity index (χ3n) is 4.84. The van der Waals surface area contributed by atoms with Crippen molar-refractivity contribution in [1.29, 1.82) is 0 Å². The van der Waals surface area contributed by atoms with E-state index in [1.807, 2.05) is 0 Å². The number of hydrogen-bond acceptors (Lipinski definition) is 3. The molecule has 3 fully saturated rings. The van der Waals surface area contributed by atoms with E-state index in [9.17, 15) is 9.59 Å². The fraction of sp³-hybridized carbons (Fsp3) is 0.833. The number of epoxide rings is 1. The molecule has 16 heavy (non-hydrogen) atoms. The zero-order valence-electron chi connectivity index (χ0n) is 9.49. The molecule has 0 radical (unpaired) electrons. The summed E-state index contributed by atoms with van der Waals surface area (Å²) in [6.07, 6.45) is 4.53. The van der Waals surface area contributed by atoms with Crippen molar-refractivity contribution in [2.24, 2.45) is 17.1 Å². The van der Waals surface area contributed by atoms with Crippen LogP contribution in [0.3, 0.4) is 0 Å². The van der Waals surface area contributed by atoms with Gasteiger partial charge in [-0.05, 0) is 19.3 Å². The maximum absolute atomic E-state index is 12.0. The van der Waals surface area contributed by atoms with E-state index < -0.39 is 11.8 Å². The average molecular weight is 223 g/mol. The number of hydrogen-bond donors (Lipinski definition) is 1. The lowest BCUT2D eigenvalue weighted by Crippen LogP contribution is -2.52. The Labute approximate surface area is 94.5 Å². The molecule has 1 saturated heterocycles. The summed E-state index contributed by atoms with van der Waals surface area (Å²) in [5, 5.41) is 0. The summed E-state index contributed by atoms with van der Waals surface area (Å²) in [5.41, 5.74) is 5.04. The Morgan fingerprint density at radius 1 is 1.44 bits per heavy atom. The molecule has 4 heteroatoms. The summed E-state index contributed by atoms with van der Waals surface area (Å²) in [5.74, 6) is -1.18. The molecule has 3 aliphatic rings. The fourth-order valence-electron chi connectivity index (χ4n) is 3.78. The number of carbonyl (C=O) groups is 2. The van der Waals surface area contributed by atoms with Gasteiger partial charge >= 0.3 is 0 Å². The topological polar surface area (TPSA) is 72.7 Å². The van der Waals surface area contributed by atoms with Crippen molar-refractivity contribution < 1.29 is 14.3 Å². The minimum absolute atomic E-state index is 0.0243. The Hall–Kier alpha value is -0.900. The molecule has 1 heterocycles. The molecular weight excluding hydrogens is 206 g/mol. The van der Waals surface area contributed by atoms with E-state index in [2.05, 4.69) is 6.92 Å². The number of amides is 1. The molecule has 88 valence electrons. The van der Waals surface area contributed by atoms with Crippen LogP contribution in [0.2, 0.25) is 0 Å². The fourth-order valence-corrected chi connectivity index (χ4v) is 3.78. The van der Waals surface area contributed by atoms with Gasteiger partial charge in [-0.1, -0.05) is 19.8 Å². The lowest BCUT2D eigenvalue weighted by atomic mass is 9.57. The van der Waals surface area contributed by atoms with Gasteiger partial charge in [0.2, 0.25) is 5.91 Å². The molecule has 0 aromatic carbocycles. The summed E-state index contributed by atoms with van der Waals surface area (Å²) in [4.78, 5) is 23.3. The van der Waals surface area contributed by atoms with Crippen LogP contribution in [0.5, 0.6) is 0 Å². The number of ketones is 1. The van der Waals surface area contributed by atoms with Crippen LogP contribution in [0.4, 0.5) is 0 Å². The van der Waals surface area contributed by atoms with Gasteiger partial charge < -0.3 is 10.5 Å². The van der Waals surface area contributed by atoms with Crippen LogP contribution >= 0.6 is 0 Å². The second kappa shape index (κ2) is 2.86. The second-order valence-electron chi connectivity index (χ2n) is 5.72. The summed E-state index contributed by atoms with van der Waals surface area (Å²) in [6.45, 7) is 2.15. The van der Waals surface area contributed by atoms with Gasteiger partial charge in [-0.25, -0.2) is 0 Å². The van der Waals surface area contributed by atoms with E-state index in [1.54, 1.807) is 0 Å². The van der Waals surface area contributed by atoms with Gasteiger partial charge in [-0.2, -0.15) is 0 Å². The highest BCUT2D eigenvalue weighted by Crippen LogP contribution is 2.64. The van der Waals surface area contributed by atoms with Gasteiger partial charge in [0.15, 0.2) is 5.78 Å². The van der Waals surface area contributed by atoms with Crippen LogP contribution in [0.1, 0.15) is 39.0 Å². The quantitative estimate of drug-likeness (QED) is 0.527. The minimum Gasteiger partial charge on any atom is -0.369 e.